The highest BCUT2D eigenvalue weighted by atomic mass is 16.5. The maximum absolute atomic E-state index is 12.4. The van der Waals surface area contributed by atoms with Crippen LogP contribution >= 0.6 is 0 Å². The van der Waals surface area contributed by atoms with Crippen molar-refractivity contribution in [3.05, 3.63) is 40.8 Å². The van der Waals surface area contributed by atoms with Gasteiger partial charge in [0.25, 0.3) is 0 Å². The molecule has 1 amide bonds. The molecule has 24 heavy (non-hydrogen) atoms. The molecule has 6 heteroatoms. The normalized spacial score (nSPS) is 25.6. The van der Waals surface area contributed by atoms with E-state index < -0.39 is 17.5 Å². The first kappa shape index (κ1) is 18.1. The number of hydrogen-bond donors (Lipinski definition) is 1. The Hall–Kier alpha value is -2.24. The number of amides is 1. The van der Waals surface area contributed by atoms with Crippen LogP contribution < -0.4 is 5.32 Å². The van der Waals surface area contributed by atoms with Crippen molar-refractivity contribution >= 4 is 11.9 Å². The minimum atomic E-state index is -0.687. The van der Waals surface area contributed by atoms with E-state index in [0.29, 0.717) is 19.3 Å². The molecule has 2 rings (SSSR count). The van der Waals surface area contributed by atoms with Crippen LogP contribution in [0.3, 0.4) is 0 Å². The van der Waals surface area contributed by atoms with E-state index in [0.717, 1.165) is 5.56 Å². The Bertz CT molecular complexity index is 586. The summed E-state index contributed by atoms with van der Waals surface area (Å²) < 4.78 is 5.45. The Balaban J connectivity index is 2.19. The van der Waals surface area contributed by atoms with Crippen molar-refractivity contribution in [3.8, 4) is 0 Å². The lowest BCUT2D eigenvalue weighted by Crippen LogP contribution is -2.36. The third kappa shape index (κ3) is 4.88. The summed E-state index contributed by atoms with van der Waals surface area (Å²) in [5, 5.41) is 5.98. The predicted octanol–water partition coefficient (Wildman–Crippen LogP) is 3.12. The number of carbonyl (C=O) groups is 2. The first-order valence-electron chi connectivity index (χ1n) is 8.26. The summed E-state index contributed by atoms with van der Waals surface area (Å²) in [5.41, 5.74) is 0.187. The van der Waals surface area contributed by atoms with Crippen LogP contribution in [0.25, 0.3) is 0 Å². The van der Waals surface area contributed by atoms with Gasteiger partial charge in [0.1, 0.15) is 6.61 Å². The fraction of sp³-hybridized carbons (Fsp3) is 0.556. The van der Waals surface area contributed by atoms with E-state index in [1.54, 1.807) is 13.8 Å². The molecular weight excluding hydrogens is 308 g/mol. The molecule has 1 aliphatic rings. The minimum Gasteiger partial charge on any atom is -0.463 e. The van der Waals surface area contributed by atoms with Gasteiger partial charge in [-0.2, -0.15) is 4.91 Å². The highest BCUT2D eigenvalue weighted by molar-refractivity contribution is 5.77. The predicted molar refractivity (Wildman–Crippen MR) is 90.1 cm³/mol. The zero-order valence-corrected chi connectivity index (χ0v) is 14.2. The molecule has 1 saturated heterocycles. The van der Waals surface area contributed by atoms with Gasteiger partial charge in [0, 0.05) is 6.42 Å². The van der Waals surface area contributed by atoms with Crippen LogP contribution in [-0.2, 0) is 14.3 Å². The summed E-state index contributed by atoms with van der Waals surface area (Å²) in [6, 6.07) is 8.52. The monoisotopic (exact) mass is 332 g/mol. The molecule has 1 aliphatic heterocycles. The van der Waals surface area contributed by atoms with E-state index >= 15 is 0 Å². The Kier molecular flexibility index (Phi) is 6.06. The second-order valence-corrected chi connectivity index (χ2v) is 6.85. The van der Waals surface area contributed by atoms with Gasteiger partial charge in [-0.3, -0.25) is 9.59 Å². The minimum absolute atomic E-state index is 0.0907. The number of rotatable bonds is 2. The van der Waals surface area contributed by atoms with Crippen LogP contribution in [0.2, 0.25) is 0 Å². The number of hydrogen-bond acceptors (Lipinski definition) is 5. The van der Waals surface area contributed by atoms with E-state index in [1.807, 2.05) is 30.3 Å². The van der Waals surface area contributed by atoms with Crippen LogP contribution in [-0.4, -0.2) is 24.5 Å². The lowest BCUT2D eigenvalue weighted by molar-refractivity contribution is -0.155. The van der Waals surface area contributed by atoms with Gasteiger partial charge in [-0.05, 0) is 38.7 Å². The first-order chi connectivity index (χ1) is 11.4. The topological polar surface area (TPSA) is 84.8 Å². The molecule has 0 saturated carbocycles. The third-order valence-electron chi connectivity index (χ3n) is 4.43. The molecule has 1 aromatic rings. The van der Waals surface area contributed by atoms with Crippen LogP contribution in [0.4, 0.5) is 0 Å². The van der Waals surface area contributed by atoms with E-state index in [9.17, 15) is 14.5 Å². The van der Waals surface area contributed by atoms with Gasteiger partial charge in [-0.15, -0.1) is 0 Å². The molecule has 1 fully saturated rings. The van der Waals surface area contributed by atoms with Gasteiger partial charge in [-0.1, -0.05) is 35.5 Å². The van der Waals surface area contributed by atoms with Crippen molar-refractivity contribution in [2.45, 2.75) is 51.6 Å². The summed E-state index contributed by atoms with van der Waals surface area (Å²) in [4.78, 5) is 35.5. The number of esters is 1. The van der Waals surface area contributed by atoms with E-state index in [1.165, 1.54) is 0 Å². The number of nitroso groups, excluding NO2 is 1. The summed E-state index contributed by atoms with van der Waals surface area (Å²) in [7, 11) is 0. The van der Waals surface area contributed by atoms with Crippen molar-refractivity contribution in [1.82, 2.24) is 5.32 Å². The van der Waals surface area contributed by atoms with Crippen molar-refractivity contribution in [3.63, 3.8) is 0 Å². The van der Waals surface area contributed by atoms with Gasteiger partial charge in [-0.25, -0.2) is 0 Å². The number of nitrogens with zero attached hydrogens (tertiary/aromatic N) is 1. The Morgan fingerprint density at radius 2 is 1.88 bits per heavy atom. The Morgan fingerprint density at radius 1 is 1.17 bits per heavy atom. The molecule has 0 radical (unpaired) electrons. The van der Waals surface area contributed by atoms with Crippen LogP contribution in [0, 0.1) is 10.3 Å². The zero-order valence-electron chi connectivity index (χ0n) is 14.2. The molecule has 0 spiro atoms. The number of carbonyl (C=O) groups excluding carboxylic acids is 2. The molecule has 1 aromatic carbocycles. The largest absolute Gasteiger partial charge is 0.463 e. The molecule has 1 heterocycles. The zero-order chi connectivity index (χ0) is 17.6. The van der Waals surface area contributed by atoms with Gasteiger partial charge in [0.05, 0.1) is 17.5 Å². The number of benzene rings is 1. The van der Waals surface area contributed by atoms with Crippen molar-refractivity contribution in [2.75, 3.05) is 6.61 Å². The van der Waals surface area contributed by atoms with E-state index in [4.69, 9.17) is 4.74 Å². The number of cyclic esters (lactones) is 1. The van der Waals surface area contributed by atoms with Crippen molar-refractivity contribution in [1.29, 1.82) is 0 Å². The average molecular weight is 332 g/mol. The first-order valence-corrected chi connectivity index (χ1v) is 8.26. The highest BCUT2D eigenvalue weighted by Gasteiger charge is 2.32. The van der Waals surface area contributed by atoms with Crippen LogP contribution in [0.15, 0.2) is 35.5 Å². The lowest BCUT2D eigenvalue weighted by atomic mass is 9.85. The maximum Gasteiger partial charge on any atom is 0.311 e. The standard InChI is InChI=1S/C18H24N2O4/c1-18(2)11-10-14(20-23)8-9-16(21)19-15(12-24-17(18)22)13-6-4-3-5-7-13/h3-7,14-15H,8-12H2,1-2H3,(H,19,21)/t14?,15-/m0/s1. The summed E-state index contributed by atoms with van der Waals surface area (Å²) >= 11 is 0. The fourth-order valence-corrected chi connectivity index (χ4v) is 2.70. The lowest BCUT2D eigenvalue weighted by Gasteiger charge is -2.27. The molecule has 0 bridgehead atoms. The van der Waals surface area contributed by atoms with E-state index in [-0.39, 0.29) is 24.9 Å². The average Bonchev–Trinajstić information content (AvgIpc) is 2.58. The Labute approximate surface area is 141 Å². The summed E-state index contributed by atoms with van der Waals surface area (Å²) in [6.45, 7) is 3.70. The summed E-state index contributed by atoms with van der Waals surface area (Å²) in [6.07, 6.45) is 1.59. The maximum atomic E-state index is 12.4. The molecule has 6 nitrogen and oxygen atoms in total. The van der Waals surface area contributed by atoms with Gasteiger partial charge >= 0.3 is 5.97 Å². The molecule has 0 aromatic heterocycles. The summed E-state index contributed by atoms with van der Waals surface area (Å²) in [5.74, 6) is -0.503. The fourth-order valence-electron chi connectivity index (χ4n) is 2.70. The third-order valence-corrected chi connectivity index (χ3v) is 4.43. The van der Waals surface area contributed by atoms with E-state index in [2.05, 4.69) is 10.5 Å². The SMILES string of the molecule is CC1(C)CCC(N=O)CCC(=O)N[C@H](c2ccccc2)COC1=O. The molecule has 1 unspecified atom stereocenters. The van der Waals surface area contributed by atoms with Gasteiger partial charge in [0.15, 0.2) is 0 Å². The van der Waals surface area contributed by atoms with Crippen molar-refractivity contribution in [2.24, 2.45) is 10.6 Å². The second-order valence-electron chi connectivity index (χ2n) is 6.85. The second kappa shape index (κ2) is 8.04. The van der Waals surface area contributed by atoms with Crippen LogP contribution in [0.1, 0.15) is 51.1 Å². The Morgan fingerprint density at radius 3 is 2.54 bits per heavy atom. The number of nitrogens with one attached hydrogen (secondary N) is 1. The van der Waals surface area contributed by atoms with Crippen LogP contribution in [0.5, 0.6) is 0 Å². The van der Waals surface area contributed by atoms with Gasteiger partial charge < -0.3 is 10.1 Å². The molecule has 130 valence electrons. The van der Waals surface area contributed by atoms with Gasteiger partial charge in [0.2, 0.25) is 5.91 Å². The molecule has 2 atom stereocenters. The molecular formula is C18H24N2O4. The molecule has 1 N–H and O–H groups in total. The smallest absolute Gasteiger partial charge is 0.311 e. The molecule has 0 aliphatic carbocycles. The highest BCUT2D eigenvalue weighted by Crippen LogP contribution is 2.28. The quantitative estimate of drug-likeness (QED) is 0.666. The number of ether oxygens (including phenoxy) is 1. The van der Waals surface area contributed by atoms with Crippen molar-refractivity contribution < 1.29 is 14.3 Å².